The van der Waals surface area contributed by atoms with Crippen molar-refractivity contribution in [3.8, 4) is 0 Å². The molecule has 0 aliphatic rings. The Bertz CT molecular complexity index is 611. The van der Waals surface area contributed by atoms with Gasteiger partial charge in [0.2, 0.25) is 0 Å². The lowest BCUT2D eigenvalue weighted by molar-refractivity contribution is 0.521. The Labute approximate surface area is 101 Å². The molecule has 0 saturated carbocycles. The molecule has 0 unspecified atom stereocenters. The average Bonchev–Trinajstić information content (AvgIpc) is 2.27. The number of hydrogen-bond acceptors (Lipinski definition) is 2. The van der Waals surface area contributed by atoms with Crippen LogP contribution in [0.5, 0.6) is 0 Å². The first-order chi connectivity index (χ1) is 8.00. The van der Waals surface area contributed by atoms with E-state index < -0.39 is 0 Å². The van der Waals surface area contributed by atoms with Crippen molar-refractivity contribution in [2.24, 2.45) is 5.92 Å². The second-order valence-electron chi connectivity index (χ2n) is 4.98. The van der Waals surface area contributed by atoms with Gasteiger partial charge in [-0.1, -0.05) is 13.8 Å². The van der Waals surface area contributed by atoms with Crippen LogP contribution in [0.4, 0.5) is 0 Å². The third kappa shape index (κ3) is 2.09. The lowest BCUT2D eigenvalue weighted by Crippen LogP contribution is -2.22. The zero-order valence-corrected chi connectivity index (χ0v) is 10.8. The van der Waals surface area contributed by atoms with Crippen molar-refractivity contribution in [2.75, 3.05) is 0 Å². The van der Waals surface area contributed by atoms with Gasteiger partial charge in [0.1, 0.15) is 5.65 Å². The highest BCUT2D eigenvalue weighted by molar-refractivity contribution is 5.79. The maximum atomic E-state index is 11.9. The molecule has 2 aromatic heterocycles. The number of rotatable bonds is 2. The quantitative estimate of drug-likeness (QED) is 0.795. The van der Waals surface area contributed by atoms with E-state index in [0.717, 1.165) is 16.6 Å². The molecule has 0 saturated heterocycles. The second-order valence-corrected chi connectivity index (χ2v) is 4.98. The number of fused-ring (bicyclic) bond motifs is 1. The molecule has 0 amide bonds. The van der Waals surface area contributed by atoms with Gasteiger partial charge in [-0.05, 0) is 37.0 Å². The molecule has 0 bridgehead atoms. The summed E-state index contributed by atoms with van der Waals surface area (Å²) in [5, 5.41) is 1.07. The van der Waals surface area contributed by atoms with Gasteiger partial charge >= 0.3 is 0 Å². The van der Waals surface area contributed by atoms with Crippen LogP contribution in [0.15, 0.2) is 23.1 Å². The fraction of sp³-hybridized carbons (Fsp3) is 0.429. The smallest absolute Gasteiger partial charge is 0.252 e. The molecule has 0 fully saturated rings. The van der Waals surface area contributed by atoms with Crippen LogP contribution in [0.3, 0.4) is 0 Å². The van der Waals surface area contributed by atoms with Crippen LogP contribution in [-0.2, 0) is 6.54 Å². The molecule has 17 heavy (non-hydrogen) atoms. The summed E-state index contributed by atoms with van der Waals surface area (Å²) >= 11 is 0. The number of nitrogens with zero attached hydrogens (tertiary/aromatic N) is 2. The Morgan fingerprint density at radius 3 is 2.65 bits per heavy atom. The summed E-state index contributed by atoms with van der Waals surface area (Å²) in [6, 6.07) is 3.52. The van der Waals surface area contributed by atoms with Gasteiger partial charge in [0.25, 0.3) is 5.56 Å². The third-order valence-electron chi connectivity index (χ3n) is 3.08. The first-order valence-electron chi connectivity index (χ1n) is 5.96. The number of hydrogen-bond donors (Lipinski definition) is 0. The van der Waals surface area contributed by atoms with Gasteiger partial charge in [-0.15, -0.1) is 0 Å². The van der Waals surface area contributed by atoms with Gasteiger partial charge in [0.15, 0.2) is 0 Å². The predicted molar refractivity (Wildman–Crippen MR) is 70.3 cm³/mol. The highest BCUT2D eigenvalue weighted by atomic mass is 16.1. The van der Waals surface area contributed by atoms with Crippen molar-refractivity contribution in [2.45, 2.75) is 34.2 Å². The van der Waals surface area contributed by atoms with Gasteiger partial charge in [-0.25, -0.2) is 4.98 Å². The summed E-state index contributed by atoms with van der Waals surface area (Å²) in [5.74, 6) is 0.432. The van der Waals surface area contributed by atoms with E-state index in [1.54, 1.807) is 10.6 Å². The molecule has 90 valence electrons. The van der Waals surface area contributed by atoms with Crippen molar-refractivity contribution in [3.05, 3.63) is 39.8 Å². The largest absolute Gasteiger partial charge is 0.292 e. The standard InChI is InChI=1S/C14H18N2O/c1-9(2)8-16-13(17)6-5-12-11(4)10(3)7-15-14(12)16/h5-7,9H,8H2,1-4H3. The molecule has 0 aliphatic heterocycles. The Hall–Kier alpha value is -1.64. The van der Waals surface area contributed by atoms with Gasteiger partial charge in [-0.3, -0.25) is 9.36 Å². The highest BCUT2D eigenvalue weighted by Gasteiger charge is 2.08. The Morgan fingerprint density at radius 2 is 2.00 bits per heavy atom. The van der Waals surface area contributed by atoms with Gasteiger partial charge in [-0.2, -0.15) is 0 Å². The minimum absolute atomic E-state index is 0.0296. The molecule has 0 aliphatic carbocycles. The van der Waals surface area contributed by atoms with Crippen LogP contribution < -0.4 is 5.56 Å². The molecule has 0 aromatic carbocycles. The van der Waals surface area contributed by atoms with E-state index in [0.29, 0.717) is 12.5 Å². The predicted octanol–water partition coefficient (Wildman–Crippen LogP) is 2.67. The molecule has 0 spiro atoms. The average molecular weight is 230 g/mol. The van der Waals surface area contributed by atoms with E-state index in [-0.39, 0.29) is 5.56 Å². The van der Waals surface area contributed by atoms with Crippen molar-refractivity contribution in [1.82, 2.24) is 9.55 Å². The lowest BCUT2D eigenvalue weighted by atomic mass is 10.1. The van der Waals surface area contributed by atoms with E-state index in [1.165, 1.54) is 5.56 Å². The fourth-order valence-corrected chi connectivity index (χ4v) is 2.01. The zero-order valence-electron chi connectivity index (χ0n) is 10.8. The fourth-order valence-electron chi connectivity index (χ4n) is 2.01. The van der Waals surface area contributed by atoms with Crippen LogP contribution in [0.1, 0.15) is 25.0 Å². The molecular formula is C14H18N2O. The first-order valence-corrected chi connectivity index (χ1v) is 5.96. The van der Waals surface area contributed by atoms with E-state index >= 15 is 0 Å². The maximum absolute atomic E-state index is 11.9. The second kappa shape index (κ2) is 4.32. The van der Waals surface area contributed by atoms with E-state index in [9.17, 15) is 4.79 Å². The van der Waals surface area contributed by atoms with Crippen molar-refractivity contribution < 1.29 is 0 Å². The molecule has 0 N–H and O–H groups in total. The Kier molecular flexibility index (Phi) is 3.01. The highest BCUT2D eigenvalue weighted by Crippen LogP contribution is 2.18. The van der Waals surface area contributed by atoms with E-state index in [2.05, 4.69) is 25.8 Å². The summed E-state index contributed by atoms with van der Waals surface area (Å²) in [5.41, 5.74) is 3.19. The molecule has 3 nitrogen and oxygen atoms in total. The van der Waals surface area contributed by atoms with Crippen LogP contribution in [-0.4, -0.2) is 9.55 Å². The maximum Gasteiger partial charge on any atom is 0.252 e. The normalized spacial score (nSPS) is 11.4. The van der Waals surface area contributed by atoms with Gasteiger partial charge in [0.05, 0.1) is 0 Å². The first kappa shape index (κ1) is 11.8. The van der Waals surface area contributed by atoms with Crippen molar-refractivity contribution in [1.29, 1.82) is 0 Å². The minimum Gasteiger partial charge on any atom is -0.292 e. The summed E-state index contributed by atoms with van der Waals surface area (Å²) in [7, 11) is 0. The van der Waals surface area contributed by atoms with Crippen LogP contribution in [0.25, 0.3) is 11.0 Å². The van der Waals surface area contributed by atoms with Crippen LogP contribution in [0.2, 0.25) is 0 Å². The van der Waals surface area contributed by atoms with Crippen molar-refractivity contribution in [3.63, 3.8) is 0 Å². The third-order valence-corrected chi connectivity index (χ3v) is 3.08. The van der Waals surface area contributed by atoms with Crippen LogP contribution >= 0.6 is 0 Å². The van der Waals surface area contributed by atoms with Crippen molar-refractivity contribution >= 4 is 11.0 Å². The number of pyridine rings is 2. The molecule has 3 heteroatoms. The van der Waals surface area contributed by atoms with Gasteiger partial charge < -0.3 is 0 Å². The lowest BCUT2D eigenvalue weighted by Gasteiger charge is -2.13. The minimum atomic E-state index is 0.0296. The number of aryl methyl sites for hydroxylation is 2. The Morgan fingerprint density at radius 1 is 1.29 bits per heavy atom. The van der Waals surface area contributed by atoms with E-state index in [1.807, 2.05) is 19.2 Å². The van der Waals surface area contributed by atoms with E-state index in [4.69, 9.17) is 0 Å². The zero-order chi connectivity index (χ0) is 12.6. The summed E-state index contributed by atoms with van der Waals surface area (Å²) in [6.07, 6.45) is 1.84. The number of aromatic nitrogens is 2. The monoisotopic (exact) mass is 230 g/mol. The van der Waals surface area contributed by atoms with Gasteiger partial charge in [0, 0.05) is 24.2 Å². The topological polar surface area (TPSA) is 34.9 Å². The molecule has 2 heterocycles. The molecule has 0 radical (unpaired) electrons. The Balaban J connectivity index is 2.78. The SMILES string of the molecule is Cc1cnc2c(ccc(=O)n2CC(C)C)c1C. The summed E-state index contributed by atoms with van der Waals surface area (Å²) in [4.78, 5) is 16.3. The molecule has 2 rings (SSSR count). The van der Waals surface area contributed by atoms with Crippen LogP contribution in [0, 0.1) is 19.8 Å². The molecule has 0 atom stereocenters. The molecular weight excluding hydrogens is 212 g/mol. The summed E-state index contributed by atoms with van der Waals surface area (Å²) < 4.78 is 1.77. The molecule has 2 aromatic rings. The summed E-state index contributed by atoms with van der Waals surface area (Å²) in [6.45, 7) is 9.04.